The maximum absolute atomic E-state index is 12.5. The fourth-order valence-corrected chi connectivity index (χ4v) is 3.50. The molecule has 28 heavy (non-hydrogen) atoms. The van der Waals surface area contributed by atoms with Crippen molar-refractivity contribution < 1.29 is 26.3 Å². The number of ether oxygens (including phenoxy) is 1. The lowest BCUT2D eigenvalue weighted by Gasteiger charge is -2.15. The van der Waals surface area contributed by atoms with Gasteiger partial charge in [0, 0.05) is 25.7 Å². The second-order valence-corrected chi connectivity index (χ2v) is 7.75. The molecule has 0 amide bonds. The SMILES string of the molecule is CN=C(NCCS(=O)(=O)c1ccccc1)NCc1ccccc1OC(F)(F)F. The summed E-state index contributed by atoms with van der Waals surface area (Å²) in [5.41, 5.74) is 0.277. The quantitative estimate of drug-likeness (QED) is 0.537. The van der Waals surface area contributed by atoms with E-state index in [1.807, 2.05) is 0 Å². The molecule has 0 saturated heterocycles. The molecule has 6 nitrogen and oxygen atoms in total. The Bertz CT molecular complexity index is 901. The van der Waals surface area contributed by atoms with Crippen LogP contribution in [0.2, 0.25) is 0 Å². The van der Waals surface area contributed by atoms with Crippen molar-refractivity contribution in [1.29, 1.82) is 0 Å². The number of alkyl halides is 3. The highest BCUT2D eigenvalue weighted by Gasteiger charge is 2.31. The number of guanidine groups is 1. The minimum atomic E-state index is -4.79. The smallest absolute Gasteiger partial charge is 0.405 e. The van der Waals surface area contributed by atoms with E-state index in [4.69, 9.17) is 0 Å². The first-order chi connectivity index (χ1) is 13.2. The van der Waals surface area contributed by atoms with E-state index >= 15 is 0 Å². The highest BCUT2D eigenvalue weighted by atomic mass is 32.2. The van der Waals surface area contributed by atoms with Gasteiger partial charge in [-0.2, -0.15) is 0 Å². The van der Waals surface area contributed by atoms with Crippen LogP contribution in [0, 0.1) is 0 Å². The monoisotopic (exact) mass is 415 g/mol. The molecule has 152 valence electrons. The van der Waals surface area contributed by atoms with Crippen molar-refractivity contribution in [2.24, 2.45) is 4.99 Å². The minimum Gasteiger partial charge on any atom is -0.405 e. The first kappa shape index (κ1) is 21.5. The molecule has 0 aliphatic carbocycles. The van der Waals surface area contributed by atoms with E-state index in [1.165, 1.54) is 37.4 Å². The largest absolute Gasteiger partial charge is 0.573 e. The van der Waals surface area contributed by atoms with Crippen LogP contribution >= 0.6 is 0 Å². The van der Waals surface area contributed by atoms with Crippen molar-refractivity contribution in [1.82, 2.24) is 10.6 Å². The fourth-order valence-electron chi connectivity index (χ4n) is 2.32. The van der Waals surface area contributed by atoms with Gasteiger partial charge in [-0.25, -0.2) is 8.42 Å². The molecule has 0 spiro atoms. The van der Waals surface area contributed by atoms with Crippen molar-refractivity contribution in [2.75, 3.05) is 19.3 Å². The Kier molecular flexibility index (Phi) is 7.27. The number of nitrogens with zero attached hydrogens (tertiary/aromatic N) is 1. The van der Waals surface area contributed by atoms with Gasteiger partial charge in [0.1, 0.15) is 5.75 Å². The van der Waals surface area contributed by atoms with Crippen LogP contribution < -0.4 is 15.4 Å². The summed E-state index contributed by atoms with van der Waals surface area (Å²) < 4.78 is 65.9. The van der Waals surface area contributed by atoms with Gasteiger partial charge in [-0.05, 0) is 18.2 Å². The van der Waals surface area contributed by atoms with Crippen LogP contribution in [-0.2, 0) is 16.4 Å². The van der Waals surface area contributed by atoms with Gasteiger partial charge in [0.25, 0.3) is 0 Å². The number of benzene rings is 2. The van der Waals surface area contributed by atoms with Crippen molar-refractivity contribution in [3.63, 3.8) is 0 Å². The number of nitrogens with one attached hydrogen (secondary N) is 2. The summed E-state index contributed by atoms with van der Waals surface area (Å²) in [6, 6.07) is 13.8. The molecule has 2 aromatic rings. The molecule has 2 aromatic carbocycles. The lowest BCUT2D eigenvalue weighted by Crippen LogP contribution is -2.39. The van der Waals surface area contributed by atoms with Gasteiger partial charge in [0.2, 0.25) is 0 Å². The molecule has 0 atom stereocenters. The van der Waals surface area contributed by atoms with Gasteiger partial charge < -0.3 is 15.4 Å². The maximum atomic E-state index is 12.5. The van der Waals surface area contributed by atoms with Crippen molar-refractivity contribution in [2.45, 2.75) is 17.8 Å². The number of hydrogen-bond donors (Lipinski definition) is 2. The second-order valence-electron chi connectivity index (χ2n) is 5.64. The number of rotatable bonds is 7. The lowest BCUT2D eigenvalue weighted by atomic mass is 10.2. The second kappa shape index (κ2) is 9.45. The Hall–Kier alpha value is -2.75. The van der Waals surface area contributed by atoms with Gasteiger partial charge in [-0.3, -0.25) is 4.99 Å². The Morgan fingerprint density at radius 1 is 1.04 bits per heavy atom. The number of para-hydroxylation sites is 1. The zero-order valence-electron chi connectivity index (χ0n) is 15.0. The molecule has 10 heteroatoms. The predicted molar refractivity (Wildman–Crippen MR) is 99.8 cm³/mol. The van der Waals surface area contributed by atoms with Gasteiger partial charge >= 0.3 is 6.36 Å². The number of sulfone groups is 1. The Morgan fingerprint density at radius 2 is 1.68 bits per heavy atom. The topological polar surface area (TPSA) is 79.8 Å². The summed E-state index contributed by atoms with van der Waals surface area (Å²) in [7, 11) is -1.98. The molecule has 0 fully saturated rings. The lowest BCUT2D eigenvalue weighted by molar-refractivity contribution is -0.274. The zero-order valence-corrected chi connectivity index (χ0v) is 15.8. The van der Waals surface area contributed by atoms with Crippen LogP contribution in [0.1, 0.15) is 5.56 Å². The van der Waals surface area contributed by atoms with Gasteiger partial charge in [0.05, 0.1) is 10.6 Å². The van der Waals surface area contributed by atoms with E-state index in [9.17, 15) is 21.6 Å². The van der Waals surface area contributed by atoms with Crippen LogP contribution in [0.15, 0.2) is 64.5 Å². The third kappa shape index (κ3) is 6.76. The number of hydrogen-bond acceptors (Lipinski definition) is 4. The van der Waals surface area contributed by atoms with E-state index in [-0.39, 0.29) is 41.0 Å². The highest BCUT2D eigenvalue weighted by molar-refractivity contribution is 7.91. The van der Waals surface area contributed by atoms with E-state index in [0.717, 1.165) is 0 Å². The summed E-state index contributed by atoms with van der Waals surface area (Å²) >= 11 is 0. The number of halogens is 3. The molecule has 0 saturated carbocycles. The van der Waals surface area contributed by atoms with Crippen molar-refractivity contribution >= 4 is 15.8 Å². The van der Waals surface area contributed by atoms with Crippen molar-refractivity contribution in [3.05, 3.63) is 60.2 Å². The third-order valence-electron chi connectivity index (χ3n) is 3.63. The molecule has 0 heterocycles. The van der Waals surface area contributed by atoms with Gasteiger partial charge in [-0.1, -0.05) is 36.4 Å². The van der Waals surface area contributed by atoms with E-state index < -0.39 is 16.2 Å². The third-order valence-corrected chi connectivity index (χ3v) is 5.37. The molecule has 0 aliphatic heterocycles. The first-order valence-corrected chi connectivity index (χ1v) is 9.92. The molecule has 2 N–H and O–H groups in total. The van der Waals surface area contributed by atoms with E-state index in [0.29, 0.717) is 0 Å². The highest BCUT2D eigenvalue weighted by Crippen LogP contribution is 2.26. The fraction of sp³-hybridized carbons (Fsp3) is 0.278. The average Bonchev–Trinajstić information content (AvgIpc) is 2.65. The summed E-state index contributed by atoms with van der Waals surface area (Å²) in [6.07, 6.45) is -4.79. The molecule has 2 rings (SSSR count). The Morgan fingerprint density at radius 3 is 2.32 bits per heavy atom. The molecule has 0 aromatic heterocycles. The Labute approximate surface area is 161 Å². The van der Waals surface area contributed by atoms with Crippen LogP contribution in [0.4, 0.5) is 13.2 Å². The van der Waals surface area contributed by atoms with Crippen LogP contribution in [0.3, 0.4) is 0 Å². The zero-order chi connectivity index (χ0) is 20.6. The molecule has 0 unspecified atom stereocenters. The summed E-state index contributed by atoms with van der Waals surface area (Å²) in [5.74, 6) is -0.222. The summed E-state index contributed by atoms with van der Waals surface area (Å²) in [5, 5.41) is 5.66. The summed E-state index contributed by atoms with van der Waals surface area (Å²) in [4.78, 5) is 4.16. The van der Waals surface area contributed by atoms with Crippen LogP contribution in [0.25, 0.3) is 0 Å². The molecule has 0 radical (unpaired) electrons. The first-order valence-electron chi connectivity index (χ1n) is 8.27. The minimum absolute atomic E-state index is 0.0113. The maximum Gasteiger partial charge on any atom is 0.573 e. The number of aliphatic imine (C=N–C) groups is 1. The molecular weight excluding hydrogens is 395 g/mol. The van der Waals surface area contributed by atoms with E-state index in [2.05, 4.69) is 20.4 Å². The Balaban J connectivity index is 1.91. The van der Waals surface area contributed by atoms with Crippen LogP contribution in [0.5, 0.6) is 5.75 Å². The normalized spacial score (nSPS) is 12.5. The van der Waals surface area contributed by atoms with Crippen LogP contribution in [-0.4, -0.2) is 40.1 Å². The average molecular weight is 415 g/mol. The van der Waals surface area contributed by atoms with Gasteiger partial charge in [-0.15, -0.1) is 13.2 Å². The van der Waals surface area contributed by atoms with Crippen molar-refractivity contribution in [3.8, 4) is 5.75 Å². The van der Waals surface area contributed by atoms with E-state index in [1.54, 1.807) is 24.3 Å². The molecule has 0 bridgehead atoms. The standard InChI is InChI=1S/C18H20F3N3O3S/c1-22-17(23-11-12-28(25,26)15-8-3-2-4-9-15)24-13-14-7-5-6-10-16(14)27-18(19,20)21/h2-10H,11-13H2,1H3,(H2,22,23,24). The predicted octanol–water partition coefficient (Wildman–Crippen LogP) is 2.72. The van der Waals surface area contributed by atoms with Gasteiger partial charge in [0.15, 0.2) is 15.8 Å². The molecular formula is C18H20F3N3O3S. The summed E-state index contributed by atoms with van der Waals surface area (Å²) in [6.45, 7) is 0.0922. The molecule has 0 aliphatic rings.